The van der Waals surface area contributed by atoms with Gasteiger partial charge >= 0.3 is 0 Å². The van der Waals surface area contributed by atoms with Crippen LogP contribution >= 0.6 is 0 Å². The second-order valence-corrected chi connectivity index (χ2v) is 13.4. The van der Waals surface area contributed by atoms with Crippen LogP contribution in [0.4, 0.5) is 0 Å². The number of carbonyl (C=O) groups is 1. The number of ketones is 1. The summed E-state index contributed by atoms with van der Waals surface area (Å²) in [5.74, 6) is 1.18. The maximum absolute atomic E-state index is 12.4. The molecule has 0 radical (unpaired) electrons. The highest BCUT2D eigenvalue weighted by Gasteiger charge is 2.56. The summed E-state index contributed by atoms with van der Waals surface area (Å²) in [7, 11) is -1.78. The molecule has 0 aromatic heterocycles. The van der Waals surface area contributed by atoms with Gasteiger partial charge in [-0.2, -0.15) is 0 Å². The molecule has 2 aliphatic carbocycles. The first-order valence-electron chi connectivity index (χ1n) is 7.67. The van der Waals surface area contributed by atoms with E-state index >= 15 is 0 Å². The lowest BCUT2D eigenvalue weighted by molar-refractivity contribution is -0.126. The highest BCUT2D eigenvalue weighted by molar-refractivity contribution is 6.74. The Bertz CT molecular complexity index is 379. The molecule has 2 rings (SSSR count). The van der Waals surface area contributed by atoms with Crippen LogP contribution in [0.3, 0.4) is 0 Å². The Kier molecular flexibility index (Phi) is 3.55. The first-order valence-corrected chi connectivity index (χ1v) is 10.6. The van der Waals surface area contributed by atoms with Gasteiger partial charge in [-0.15, -0.1) is 0 Å². The number of carbonyl (C=O) groups excluding carboxylic acids is 1. The third kappa shape index (κ3) is 2.44. The standard InChI is InChI=1S/C16H30O2Si/c1-15(2,3)19(6,7)18-13-9-8-11-10-12(17)14(13)16(11,4)5/h11,13-14H,8-10H2,1-7H3/t11-,13+,14-/m0/s1. The van der Waals surface area contributed by atoms with E-state index in [4.69, 9.17) is 4.43 Å². The summed E-state index contributed by atoms with van der Waals surface area (Å²) in [6.45, 7) is 15.9. The van der Waals surface area contributed by atoms with Gasteiger partial charge in [0, 0.05) is 12.3 Å². The van der Waals surface area contributed by atoms with Crippen LogP contribution in [-0.4, -0.2) is 20.2 Å². The highest BCUT2D eigenvalue weighted by atomic mass is 28.4. The first-order chi connectivity index (χ1) is 8.47. The maximum atomic E-state index is 12.4. The fourth-order valence-corrected chi connectivity index (χ4v) is 5.04. The largest absolute Gasteiger partial charge is 0.413 e. The molecule has 2 fully saturated rings. The van der Waals surface area contributed by atoms with E-state index in [1.165, 1.54) is 0 Å². The van der Waals surface area contributed by atoms with E-state index in [-0.39, 0.29) is 22.5 Å². The number of Topliss-reactive ketones (excluding diaryl/α,β-unsaturated/α-hetero) is 1. The molecule has 110 valence electrons. The summed E-state index contributed by atoms with van der Waals surface area (Å²) in [5, 5.41) is 0.218. The Morgan fingerprint density at radius 1 is 1.21 bits per heavy atom. The molecule has 2 nitrogen and oxygen atoms in total. The summed E-state index contributed by atoms with van der Waals surface area (Å²) >= 11 is 0. The van der Waals surface area contributed by atoms with Crippen molar-refractivity contribution in [2.75, 3.05) is 0 Å². The lowest BCUT2D eigenvalue weighted by atomic mass is 9.66. The van der Waals surface area contributed by atoms with Crippen molar-refractivity contribution in [2.24, 2.45) is 17.3 Å². The van der Waals surface area contributed by atoms with Crippen LogP contribution in [0.2, 0.25) is 18.1 Å². The lowest BCUT2D eigenvalue weighted by Gasteiger charge is -2.46. The smallest absolute Gasteiger partial charge is 0.192 e. The summed E-state index contributed by atoms with van der Waals surface area (Å²) < 4.78 is 6.60. The number of fused-ring (bicyclic) bond motifs is 2. The highest BCUT2D eigenvalue weighted by Crippen LogP contribution is 2.55. The van der Waals surface area contributed by atoms with Gasteiger partial charge in [-0.05, 0) is 42.3 Å². The third-order valence-corrected chi connectivity index (χ3v) is 10.6. The van der Waals surface area contributed by atoms with E-state index in [0.717, 1.165) is 19.3 Å². The van der Waals surface area contributed by atoms with Crippen molar-refractivity contribution >= 4 is 14.1 Å². The number of hydrogen-bond donors (Lipinski definition) is 0. The SMILES string of the molecule is CC1(C)[C@H]2CC[C@@H](O[Si](C)(C)C(C)(C)C)[C@@H]1C(=O)C2. The fourth-order valence-electron chi connectivity index (χ4n) is 3.68. The Hall–Kier alpha value is -0.153. The molecule has 0 aromatic carbocycles. The Labute approximate surface area is 119 Å². The van der Waals surface area contributed by atoms with Crippen molar-refractivity contribution in [2.45, 2.75) is 78.1 Å². The molecule has 19 heavy (non-hydrogen) atoms. The molecule has 3 heteroatoms. The lowest BCUT2D eigenvalue weighted by Crippen LogP contribution is -2.50. The van der Waals surface area contributed by atoms with Crippen LogP contribution in [0.1, 0.15) is 53.9 Å². The molecule has 0 spiro atoms. The monoisotopic (exact) mass is 282 g/mol. The molecule has 0 aromatic rings. The molecule has 0 heterocycles. The van der Waals surface area contributed by atoms with Gasteiger partial charge in [0.1, 0.15) is 5.78 Å². The van der Waals surface area contributed by atoms with Gasteiger partial charge in [-0.3, -0.25) is 4.79 Å². The van der Waals surface area contributed by atoms with Crippen molar-refractivity contribution < 1.29 is 9.22 Å². The van der Waals surface area contributed by atoms with Gasteiger partial charge in [0.05, 0.1) is 6.10 Å². The summed E-state index contributed by atoms with van der Waals surface area (Å²) in [4.78, 5) is 12.4. The number of hydrogen-bond acceptors (Lipinski definition) is 2. The minimum Gasteiger partial charge on any atom is -0.413 e. The summed E-state index contributed by atoms with van der Waals surface area (Å²) in [6, 6.07) is 0. The second kappa shape index (κ2) is 4.42. The predicted molar refractivity (Wildman–Crippen MR) is 81.7 cm³/mol. The van der Waals surface area contributed by atoms with Crippen LogP contribution < -0.4 is 0 Å². The van der Waals surface area contributed by atoms with Crippen LogP contribution in [0.25, 0.3) is 0 Å². The van der Waals surface area contributed by atoms with Gasteiger partial charge in [-0.1, -0.05) is 34.6 Å². The molecule has 0 amide bonds. The molecular weight excluding hydrogens is 252 g/mol. The predicted octanol–water partition coefficient (Wildman–Crippen LogP) is 4.40. The molecule has 2 bridgehead atoms. The minimum atomic E-state index is -1.78. The zero-order chi connectivity index (χ0) is 14.6. The van der Waals surface area contributed by atoms with Gasteiger partial charge in [-0.25, -0.2) is 0 Å². The zero-order valence-electron chi connectivity index (χ0n) is 13.7. The quantitative estimate of drug-likeness (QED) is 0.702. The van der Waals surface area contributed by atoms with Crippen molar-refractivity contribution in [3.63, 3.8) is 0 Å². The van der Waals surface area contributed by atoms with E-state index in [2.05, 4.69) is 47.7 Å². The molecule has 3 atom stereocenters. The van der Waals surface area contributed by atoms with Gasteiger partial charge < -0.3 is 4.43 Å². The van der Waals surface area contributed by atoms with Crippen LogP contribution in [-0.2, 0) is 9.22 Å². The molecular formula is C16H30O2Si. The fraction of sp³-hybridized carbons (Fsp3) is 0.938. The molecule has 0 aliphatic heterocycles. The first kappa shape index (κ1) is 15.2. The third-order valence-electron chi connectivity index (χ3n) is 6.07. The maximum Gasteiger partial charge on any atom is 0.192 e. The minimum absolute atomic E-state index is 0.139. The molecule has 0 unspecified atom stereocenters. The summed E-state index contributed by atoms with van der Waals surface area (Å²) in [5.41, 5.74) is 0.141. The second-order valence-electron chi connectivity index (χ2n) is 8.66. The van der Waals surface area contributed by atoms with Gasteiger partial charge in [0.15, 0.2) is 8.32 Å². The van der Waals surface area contributed by atoms with E-state index in [0.29, 0.717) is 11.7 Å². The van der Waals surface area contributed by atoms with Gasteiger partial charge in [0.2, 0.25) is 0 Å². The van der Waals surface area contributed by atoms with Crippen molar-refractivity contribution in [1.29, 1.82) is 0 Å². The zero-order valence-corrected chi connectivity index (χ0v) is 14.7. The van der Waals surface area contributed by atoms with Gasteiger partial charge in [0.25, 0.3) is 0 Å². The van der Waals surface area contributed by atoms with Crippen molar-refractivity contribution in [1.82, 2.24) is 0 Å². The van der Waals surface area contributed by atoms with E-state index < -0.39 is 8.32 Å². The van der Waals surface area contributed by atoms with Crippen molar-refractivity contribution in [3.05, 3.63) is 0 Å². The molecule has 0 saturated heterocycles. The van der Waals surface area contributed by atoms with Crippen LogP contribution in [0.15, 0.2) is 0 Å². The normalized spacial score (nSPS) is 34.7. The Morgan fingerprint density at radius 2 is 1.79 bits per heavy atom. The molecule has 2 aliphatic rings. The average molecular weight is 282 g/mol. The van der Waals surface area contributed by atoms with Crippen LogP contribution in [0.5, 0.6) is 0 Å². The molecule has 2 saturated carbocycles. The van der Waals surface area contributed by atoms with E-state index in [9.17, 15) is 4.79 Å². The van der Waals surface area contributed by atoms with Crippen molar-refractivity contribution in [3.8, 4) is 0 Å². The Balaban J connectivity index is 2.21. The van der Waals surface area contributed by atoms with E-state index in [1.807, 2.05) is 0 Å². The van der Waals surface area contributed by atoms with E-state index in [1.54, 1.807) is 0 Å². The average Bonchev–Trinajstić information content (AvgIpc) is 2.34. The number of rotatable bonds is 2. The Morgan fingerprint density at radius 3 is 2.32 bits per heavy atom. The molecule has 0 N–H and O–H groups in total. The van der Waals surface area contributed by atoms with Crippen LogP contribution in [0, 0.1) is 17.3 Å². The summed E-state index contributed by atoms with van der Waals surface area (Å²) in [6.07, 6.45) is 3.20. The topological polar surface area (TPSA) is 26.3 Å².